The number of nitrogens with zero attached hydrogens (tertiary/aromatic N) is 2. The van der Waals surface area contributed by atoms with Gasteiger partial charge in [-0.3, -0.25) is 9.69 Å². The van der Waals surface area contributed by atoms with E-state index in [2.05, 4.69) is 20.2 Å². The Labute approximate surface area is 126 Å². The van der Waals surface area contributed by atoms with E-state index >= 15 is 0 Å². The molecule has 7 heteroatoms. The minimum Gasteiger partial charge on any atom is -0.316 e. The molecule has 0 spiro atoms. The second-order valence-corrected chi connectivity index (χ2v) is 6.44. The molecule has 0 amide bonds. The van der Waals surface area contributed by atoms with Crippen molar-refractivity contribution in [2.75, 3.05) is 26.2 Å². The zero-order valence-corrected chi connectivity index (χ0v) is 12.6. The molecule has 0 bridgehead atoms. The number of H-pyrrole nitrogens is 1. The van der Waals surface area contributed by atoms with Crippen molar-refractivity contribution in [3.8, 4) is 0 Å². The van der Waals surface area contributed by atoms with Crippen LogP contribution in [-0.4, -0.2) is 41.0 Å². The lowest BCUT2D eigenvalue weighted by molar-refractivity contribution is 0.298. The van der Waals surface area contributed by atoms with Crippen LogP contribution < -0.4 is 10.9 Å². The van der Waals surface area contributed by atoms with Crippen molar-refractivity contribution >= 4 is 34.0 Å². The molecule has 2 aliphatic heterocycles. The van der Waals surface area contributed by atoms with Crippen molar-refractivity contribution < 1.29 is 0 Å². The van der Waals surface area contributed by atoms with Gasteiger partial charge < -0.3 is 10.3 Å². The van der Waals surface area contributed by atoms with E-state index in [-0.39, 0.29) is 18.0 Å². The van der Waals surface area contributed by atoms with E-state index in [0.29, 0.717) is 0 Å². The minimum absolute atomic E-state index is 0. The lowest BCUT2D eigenvalue weighted by Crippen LogP contribution is -2.27. The summed E-state index contributed by atoms with van der Waals surface area (Å²) in [6, 6.07) is 1.92. The van der Waals surface area contributed by atoms with Crippen LogP contribution in [0.3, 0.4) is 0 Å². The number of thiophene rings is 1. The van der Waals surface area contributed by atoms with Crippen LogP contribution in [0.5, 0.6) is 0 Å². The molecule has 0 aromatic carbocycles. The molecular weight excluding hydrogens is 296 g/mol. The average molecular weight is 313 g/mol. The average Bonchev–Trinajstić information content (AvgIpc) is 3.02. The summed E-state index contributed by atoms with van der Waals surface area (Å²) in [4.78, 5) is 21.8. The maximum atomic E-state index is 11.9. The van der Waals surface area contributed by atoms with E-state index in [1.807, 2.05) is 11.4 Å². The highest BCUT2D eigenvalue weighted by molar-refractivity contribution is 7.17. The van der Waals surface area contributed by atoms with Gasteiger partial charge in [0, 0.05) is 13.1 Å². The molecule has 0 unspecified atom stereocenters. The molecule has 2 fully saturated rings. The fourth-order valence-corrected chi connectivity index (χ4v) is 4.02. The van der Waals surface area contributed by atoms with Crippen LogP contribution in [-0.2, 0) is 6.54 Å². The smallest absolute Gasteiger partial charge is 0.268 e. The number of rotatable bonds is 2. The third-order valence-electron chi connectivity index (χ3n) is 4.20. The van der Waals surface area contributed by atoms with Gasteiger partial charge in [-0.1, -0.05) is 0 Å². The third kappa shape index (κ3) is 2.37. The monoisotopic (exact) mass is 312 g/mol. The highest BCUT2D eigenvalue weighted by Crippen LogP contribution is 2.27. The summed E-state index contributed by atoms with van der Waals surface area (Å²) in [6.07, 6.45) is 0. The van der Waals surface area contributed by atoms with Crippen LogP contribution in [0.2, 0.25) is 0 Å². The second kappa shape index (κ2) is 5.44. The number of hydrogen-bond acceptors (Lipinski definition) is 5. The zero-order valence-electron chi connectivity index (χ0n) is 11.0. The first kappa shape index (κ1) is 14.0. The molecule has 20 heavy (non-hydrogen) atoms. The van der Waals surface area contributed by atoms with E-state index in [9.17, 15) is 4.79 Å². The van der Waals surface area contributed by atoms with E-state index in [1.54, 1.807) is 0 Å². The molecule has 0 radical (unpaired) electrons. The molecule has 4 rings (SSSR count). The summed E-state index contributed by atoms with van der Waals surface area (Å²) in [5.74, 6) is 2.34. The van der Waals surface area contributed by atoms with Crippen LogP contribution in [0.15, 0.2) is 16.2 Å². The van der Waals surface area contributed by atoms with Crippen LogP contribution in [0.25, 0.3) is 10.2 Å². The maximum absolute atomic E-state index is 11.9. The molecule has 2 saturated heterocycles. The van der Waals surface area contributed by atoms with E-state index in [1.165, 1.54) is 11.3 Å². The number of fused-ring (bicyclic) bond motifs is 2. The molecule has 2 N–H and O–H groups in total. The SMILES string of the molecule is Cl.O=c1[nH]c(CN2C[C@H]3CNC[C@H]3C2)nc2ccsc12. The first-order valence-corrected chi connectivity index (χ1v) is 7.57. The number of hydrogen-bond donors (Lipinski definition) is 2. The molecule has 5 nitrogen and oxygen atoms in total. The first-order valence-electron chi connectivity index (χ1n) is 6.69. The topological polar surface area (TPSA) is 61.0 Å². The molecule has 2 aromatic rings. The summed E-state index contributed by atoms with van der Waals surface area (Å²) in [6.45, 7) is 5.25. The van der Waals surface area contributed by atoms with Crippen LogP contribution in [0, 0.1) is 11.8 Å². The number of nitrogens with one attached hydrogen (secondary N) is 2. The molecule has 0 saturated carbocycles. The van der Waals surface area contributed by atoms with Crippen molar-refractivity contribution in [1.82, 2.24) is 20.2 Å². The highest BCUT2D eigenvalue weighted by Gasteiger charge is 2.36. The van der Waals surface area contributed by atoms with E-state index in [0.717, 1.165) is 60.6 Å². The third-order valence-corrected chi connectivity index (χ3v) is 5.10. The summed E-state index contributed by atoms with van der Waals surface area (Å²) < 4.78 is 0.728. The summed E-state index contributed by atoms with van der Waals surface area (Å²) in [5.41, 5.74) is 0.820. The van der Waals surface area contributed by atoms with Crippen molar-refractivity contribution in [3.63, 3.8) is 0 Å². The van der Waals surface area contributed by atoms with Crippen molar-refractivity contribution in [2.45, 2.75) is 6.54 Å². The highest BCUT2D eigenvalue weighted by atomic mass is 35.5. The summed E-state index contributed by atoms with van der Waals surface area (Å²) >= 11 is 1.45. The Morgan fingerprint density at radius 1 is 1.35 bits per heavy atom. The molecular formula is C13H17ClN4OS. The number of likely N-dealkylation sites (tertiary alicyclic amines) is 1. The first-order chi connectivity index (χ1) is 9.29. The predicted molar refractivity (Wildman–Crippen MR) is 82.6 cm³/mol. The Morgan fingerprint density at radius 3 is 2.85 bits per heavy atom. The Morgan fingerprint density at radius 2 is 2.10 bits per heavy atom. The van der Waals surface area contributed by atoms with Gasteiger partial charge in [0.05, 0.1) is 12.1 Å². The lowest BCUT2D eigenvalue weighted by atomic mass is 10.0. The van der Waals surface area contributed by atoms with Crippen molar-refractivity contribution in [2.24, 2.45) is 11.8 Å². The normalized spacial score (nSPS) is 25.8. The molecule has 2 atom stereocenters. The Bertz CT molecular complexity index is 658. The van der Waals surface area contributed by atoms with Crippen LogP contribution in [0.1, 0.15) is 5.82 Å². The largest absolute Gasteiger partial charge is 0.316 e. The van der Waals surface area contributed by atoms with Gasteiger partial charge in [0.15, 0.2) is 0 Å². The van der Waals surface area contributed by atoms with E-state index < -0.39 is 0 Å². The van der Waals surface area contributed by atoms with Crippen molar-refractivity contribution in [1.29, 1.82) is 0 Å². The minimum atomic E-state index is -0.00365. The summed E-state index contributed by atoms with van der Waals surface area (Å²) in [5, 5.41) is 5.36. The second-order valence-electron chi connectivity index (χ2n) is 5.52. The zero-order chi connectivity index (χ0) is 12.8. The number of aromatic nitrogens is 2. The van der Waals surface area contributed by atoms with Gasteiger partial charge in [0.25, 0.3) is 5.56 Å². The van der Waals surface area contributed by atoms with Crippen LogP contribution >= 0.6 is 23.7 Å². The fourth-order valence-electron chi connectivity index (χ4n) is 3.29. The van der Waals surface area contributed by atoms with Gasteiger partial charge in [0.2, 0.25) is 0 Å². The van der Waals surface area contributed by atoms with Gasteiger partial charge in [0.1, 0.15) is 10.5 Å². The fraction of sp³-hybridized carbons (Fsp3) is 0.538. The number of halogens is 1. The molecule has 2 aromatic heterocycles. The summed E-state index contributed by atoms with van der Waals surface area (Å²) in [7, 11) is 0. The molecule has 2 aliphatic rings. The maximum Gasteiger partial charge on any atom is 0.268 e. The lowest BCUT2D eigenvalue weighted by Gasteiger charge is -2.15. The Hall–Kier alpha value is -0.950. The van der Waals surface area contributed by atoms with Gasteiger partial charge in [-0.15, -0.1) is 23.7 Å². The van der Waals surface area contributed by atoms with Gasteiger partial charge in [-0.25, -0.2) is 4.98 Å². The van der Waals surface area contributed by atoms with Gasteiger partial charge >= 0.3 is 0 Å². The predicted octanol–water partition coefficient (Wildman–Crippen LogP) is 1.06. The number of aromatic amines is 1. The quantitative estimate of drug-likeness (QED) is 0.870. The standard InChI is InChI=1S/C13H16N4OS.ClH/c18-13-12-10(1-2-19-12)15-11(16-13)7-17-5-8-3-14-4-9(8)6-17;/h1-2,8-9,14H,3-7H2,(H,15,16,18);1H/t8-,9+;. The van der Waals surface area contributed by atoms with Crippen molar-refractivity contribution in [3.05, 3.63) is 27.6 Å². The van der Waals surface area contributed by atoms with Gasteiger partial charge in [-0.2, -0.15) is 0 Å². The van der Waals surface area contributed by atoms with Crippen LogP contribution in [0.4, 0.5) is 0 Å². The Kier molecular flexibility index (Phi) is 3.81. The van der Waals surface area contributed by atoms with E-state index in [4.69, 9.17) is 0 Å². The Balaban J connectivity index is 0.00000121. The molecule has 108 valence electrons. The van der Waals surface area contributed by atoms with Gasteiger partial charge in [-0.05, 0) is 36.4 Å². The molecule has 0 aliphatic carbocycles. The molecule has 4 heterocycles.